The van der Waals surface area contributed by atoms with Gasteiger partial charge in [0.15, 0.2) is 0 Å². The molecule has 0 bridgehead atoms. The molecule has 0 aliphatic carbocycles. The zero-order chi connectivity index (χ0) is 11.7. The number of fused-ring (bicyclic) bond motifs is 3. The predicted molar refractivity (Wildman–Crippen MR) is 74.7 cm³/mol. The summed E-state index contributed by atoms with van der Waals surface area (Å²) < 4.78 is 0. The van der Waals surface area contributed by atoms with Crippen molar-refractivity contribution >= 4 is 28.3 Å². The molecule has 0 unspecified atom stereocenters. The number of hydrogen-bond donors (Lipinski definition) is 0. The van der Waals surface area contributed by atoms with Crippen LogP contribution in [-0.2, 0) is 6.54 Å². The number of benzene rings is 3. The Hall–Kier alpha value is -2.15. The van der Waals surface area contributed by atoms with E-state index in [1.165, 1.54) is 27.1 Å². The van der Waals surface area contributed by atoms with E-state index in [2.05, 4.69) is 66.3 Å². The van der Waals surface area contributed by atoms with Gasteiger partial charge in [0.05, 0.1) is 6.54 Å². The Morgan fingerprint density at radius 3 is 2.24 bits per heavy atom. The minimum Gasteiger partial charge on any atom is -0.296 e. The van der Waals surface area contributed by atoms with Gasteiger partial charge in [-0.1, -0.05) is 48.5 Å². The maximum Gasteiger partial charge on any atom is 0.0638 e. The van der Waals surface area contributed by atoms with Crippen molar-refractivity contribution in [1.29, 1.82) is 0 Å². The Balaban J connectivity index is 2.49. The van der Waals surface area contributed by atoms with Crippen LogP contribution in [0.1, 0.15) is 5.56 Å². The second kappa shape index (κ2) is 4.02. The highest BCUT2D eigenvalue weighted by molar-refractivity contribution is 6.08. The van der Waals surface area contributed by atoms with Crippen molar-refractivity contribution in [3.63, 3.8) is 0 Å². The first-order chi connectivity index (χ1) is 8.40. The fourth-order valence-electron chi connectivity index (χ4n) is 2.38. The first-order valence-electron chi connectivity index (χ1n) is 5.72. The van der Waals surface area contributed by atoms with Crippen LogP contribution >= 0.6 is 0 Å². The number of nitrogens with zero attached hydrogens (tertiary/aromatic N) is 1. The summed E-state index contributed by atoms with van der Waals surface area (Å²) in [6.07, 6.45) is 0. The van der Waals surface area contributed by atoms with Gasteiger partial charge in [-0.15, -0.1) is 0 Å². The molecule has 0 aliphatic heterocycles. The predicted octanol–water partition coefficient (Wildman–Crippen LogP) is 4.19. The zero-order valence-electron chi connectivity index (χ0n) is 9.56. The number of hydrogen-bond acceptors (Lipinski definition) is 1. The molecule has 0 saturated heterocycles. The van der Waals surface area contributed by atoms with Crippen LogP contribution in [-0.4, -0.2) is 6.72 Å². The maximum absolute atomic E-state index is 4.01. The first-order valence-corrected chi connectivity index (χ1v) is 5.72. The topological polar surface area (TPSA) is 12.4 Å². The largest absolute Gasteiger partial charge is 0.296 e. The molecule has 0 saturated carbocycles. The van der Waals surface area contributed by atoms with E-state index in [1.54, 1.807) is 0 Å². The summed E-state index contributed by atoms with van der Waals surface area (Å²) in [5.41, 5.74) is 1.24. The smallest absolute Gasteiger partial charge is 0.0638 e. The third-order valence-corrected chi connectivity index (χ3v) is 3.14. The summed E-state index contributed by atoms with van der Waals surface area (Å²) in [4.78, 5) is 4.01. The summed E-state index contributed by atoms with van der Waals surface area (Å²) in [6.45, 7) is 4.26. The molecule has 0 fully saturated rings. The average Bonchev–Trinajstić information content (AvgIpc) is 2.39. The average molecular weight is 219 g/mol. The molecule has 1 nitrogen and oxygen atoms in total. The van der Waals surface area contributed by atoms with Crippen LogP contribution in [0, 0.1) is 0 Å². The van der Waals surface area contributed by atoms with E-state index in [0.717, 1.165) is 0 Å². The molecule has 0 spiro atoms. The Morgan fingerprint density at radius 1 is 0.824 bits per heavy atom. The molecule has 0 aromatic heterocycles. The Morgan fingerprint density at radius 2 is 1.47 bits per heavy atom. The molecule has 0 aliphatic rings. The molecule has 3 rings (SSSR count). The van der Waals surface area contributed by atoms with Gasteiger partial charge in [-0.3, -0.25) is 4.99 Å². The number of rotatable bonds is 2. The zero-order valence-corrected chi connectivity index (χ0v) is 9.56. The molecule has 0 radical (unpaired) electrons. The quantitative estimate of drug-likeness (QED) is 0.452. The molecule has 0 amide bonds. The molecule has 3 aromatic carbocycles. The Bertz CT molecular complexity index is 698. The van der Waals surface area contributed by atoms with Crippen LogP contribution in [0.3, 0.4) is 0 Å². The van der Waals surface area contributed by atoms with Gasteiger partial charge in [0.25, 0.3) is 0 Å². The van der Waals surface area contributed by atoms with Gasteiger partial charge in [0.1, 0.15) is 0 Å². The van der Waals surface area contributed by atoms with E-state index < -0.39 is 0 Å². The van der Waals surface area contributed by atoms with Gasteiger partial charge in [-0.2, -0.15) is 0 Å². The minimum absolute atomic E-state index is 0.672. The van der Waals surface area contributed by atoms with E-state index in [4.69, 9.17) is 0 Å². The van der Waals surface area contributed by atoms with Gasteiger partial charge in [0.2, 0.25) is 0 Å². The van der Waals surface area contributed by atoms with E-state index >= 15 is 0 Å². The molecule has 0 N–H and O–H groups in total. The lowest BCUT2D eigenvalue weighted by Crippen LogP contribution is -1.86. The standard InChI is InChI=1S/C16H13N/c1-17-11-13-10-12-6-2-3-7-14(12)16-9-5-4-8-15(13)16/h2-10H,1,11H2. The van der Waals surface area contributed by atoms with Crippen LogP contribution < -0.4 is 0 Å². The van der Waals surface area contributed by atoms with Gasteiger partial charge in [-0.25, -0.2) is 0 Å². The highest BCUT2D eigenvalue weighted by Crippen LogP contribution is 2.28. The monoisotopic (exact) mass is 219 g/mol. The fourth-order valence-corrected chi connectivity index (χ4v) is 2.38. The van der Waals surface area contributed by atoms with Crippen molar-refractivity contribution in [1.82, 2.24) is 0 Å². The third kappa shape index (κ3) is 1.60. The highest BCUT2D eigenvalue weighted by Gasteiger charge is 2.04. The van der Waals surface area contributed by atoms with Crippen molar-refractivity contribution in [3.8, 4) is 0 Å². The second-order valence-corrected chi connectivity index (χ2v) is 4.18. The fraction of sp³-hybridized carbons (Fsp3) is 0.0625. The van der Waals surface area contributed by atoms with Crippen LogP contribution in [0.4, 0.5) is 0 Å². The van der Waals surface area contributed by atoms with Crippen LogP contribution in [0.25, 0.3) is 21.5 Å². The lowest BCUT2D eigenvalue weighted by molar-refractivity contribution is 1.10. The second-order valence-electron chi connectivity index (χ2n) is 4.18. The van der Waals surface area contributed by atoms with Crippen LogP contribution in [0.5, 0.6) is 0 Å². The SMILES string of the molecule is C=NCc1cc2ccccc2c2ccccc12. The Labute approximate surface area is 100 Å². The van der Waals surface area contributed by atoms with Crippen LogP contribution in [0.15, 0.2) is 59.6 Å². The van der Waals surface area contributed by atoms with E-state index in [9.17, 15) is 0 Å². The molecule has 0 atom stereocenters. The Kier molecular flexibility index (Phi) is 2.37. The summed E-state index contributed by atoms with van der Waals surface area (Å²) >= 11 is 0. The number of aliphatic imine (C=N–C) groups is 1. The lowest BCUT2D eigenvalue weighted by Gasteiger charge is -2.08. The van der Waals surface area contributed by atoms with Crippen molar-refractivity contribution in [3.05, 3.63) is 60.2 Å². The summed E-state index contributed by atoms with van der Waals surface area (Å²) in [6, 6.07) is 19.2. The molecule has 3 aromatic rings. The molecular weight excluding hydrogens is 206 g/mol. The van der Waals surface area contributed by atoms with Gasteiger partial charge < -0.3 is 0 Å². The maximum atomic E-state index is 4.01. The molecular formula is C16H13N. The van der Waals surface area contributed by atoms with E-state index in [0.29, 0.717) is 6.54 Å². The molecule has 1 heteroatoms. The van der Waals surface area contributed by atoms with Gasteiger partial charge >= 0.3 is 0 Å². The van der Waals surface area contributed by atoms with E-state index in [1.807, 2.05) is 0 Å². The van der Waals surface area contributed by atoms with Crippen molar-refractivity contribution in [2.75, 3.05) is 0 Å². The normalized spacial score (nSPS) is 10.8. The molecule has 17 heavy (non-hydrogen) atoms. The van der Waals surface area contributed by atoms with Crippen LogP contribution in [0.2, 0.25) is 0 Å². The molecule has 82 valence electrons. The minimum atomic E-state index is 0.672. The van der Waals surface area contributed by atoms with Gasteiger partial charge in [0, 0.05) is 0 Å². The third-order valence-electron chi connectivity index (χ3n) is 3.14. The summed E-state index contributed by atoms with van der Waals surface area (Å²) in [5.74, 6) is 0. The van der Waals surface area contributed by atoms with Crippen molar-refractivity contribution in [2.24, 2.45) is 4.99 Å². The summed E-state index contributed by atoms with van der Waals surface area (Å²) in [5, 5.41) is 5.14. The van der Waals surface area contributed by atoms with Gasteiger partial charge in [-0.05, 0) is 39.9 Å². The summed E-state index contributed by atoms with van der Waals surface area (Å²) in [7, 11) is 0. The highest BCUT2D eigenvalue weighted by atomic mass is 14.7. The van der Waals surface area contributed by atoms with E-state index in [-0.39, 0.29) is 0 Å². The first kappa shape index (κ1) is 10.0. The van der Waals surface area contributed by atoms with Crippen molar-refractivity contribution in [2.45, 2.75) is 6.54 Å². The van der Waals surface area contributed by atoms with Crippen molar-refractivity contribution < 1.29 is 0 Å². The lowest BCUT2D eigenvalue weighted by atomic mass is 9.97. The molecule has 0 heterocycles.